The average molecular weight is 217 g/mol. The molecule has 1 amide bonds. The minimum Gasteiger partial charge on any atom is -0.462 e. The van der Waals surface area contributed by atoms with Crippen molar-refractivity contribution < 1.29 is 19.1 Å². The Morgan fingerprint density at radius 3 is 2.20 bits per heavy atom. The van der Waals surface area contributed by atoms with Gasteiger partial charge in [-0.3, -0.25) is 4.79 Å². The Hall–Kier alpha value is -1.26. The first-order chi connectivity index (χ1) is 6.70. The van der Waals surface area contributed by atoms with Crippen molar-refractivity contribution in [2.75, 3.05) is 6.54 Å². The molecule has 0 aliphatic rings. The topological polar surface area (TPSA) is 64.6 Å². The molecule has 0 aliphatic heterocycles. The lowest BCUT2D eigenvalue weighted by Gasteiger charge is -2.19. The molecule has 0 fully saturated rings. The lowest BCUT2D eigenvalue weighted by molar-refractivity contribution is -0.146. The number of hydrogen-bond donors (Lipinski definition) is 1. The fraction of sp³-hybridized carbons (Fsp3) is 0.800. The van der Waals surface area contributed by atoms with Crippen LogP contribution in [0.1, 0.15) is 34.6 Å². The third kappa shape index (κ3) is 9.05. The first kappa shape index (κ1) is 13.7. The van der Waals surface area contributed by atoms with E-state index < -0.39 is 17.7 Å². The molecule has 88 valence electrons. The van der Waals surface area contributed by atoms with Crippen molar-refractivity contribution in [2.45, 2.75) is 46.3 Å². The van der Waals surface area contributed by atoms with E-state index >= 15 is 0 Å². The highest BCUT2D eigenvalue weighted by molar-refractivity contribution is 5.78. The van der Waals surface area contributed by atoms with E-state index in [0.29, 0.717) is 0 Å². The first-order valence-corrected chi connectivity index (χ1v) is 4.87. The van der Waals surface area contributed by atoms with E-state index in [-0.39, 0.29) is 12.6 Å². The summed E-state index contributed by atoms with van der Waals surface area (Å²) in [4.78, 5) is 22.1. The molecule has 0 unspecified atom stereocenters. The number of hydrogen-bond acceptors (Lipinski definition) is 4. The second-order valence-electron chi connectivity index (χ2n) is 4.39. The number of ether oxygens (including phenoxy) is 2. The number of alkyl carbamates (subject to hydrolysis) is 1. The van der Waals surface area contributed by atoms with Crippen molar-refractivity contribution in [3.63, 3.8) is 0 Å². The maximum atomic E-state index is 11.1. The Morgan fingerprint density at radius 2 is 1.80 bits per heavy atom. The summed E-state index contributed by atoms with van der Waals surface area (Å²) in [7, 11) is 0. The molecular weight excluding hydrogens is 198 g/mol. The van der Waals surface area contributed by atoms with Gasteiger partial charge in [-0.15, -0.1) is 0 Å². The molecule has 0 aromatic rings. The lowest BCUT2D eigenvalue weighted by atomic mass is 10.2. The number of rotatable bonds is 3. The maximum absolute atomic E-state index is 11.1. The molecule has 0 aliphatic carbocycles. The van der Waals surface area contributed by atoms with Gasteiger partial charge >= 0.3 is 12.1 Å². The highest BCUT2D eigenvalue weighted by atomic mass is 16.6. The number of esters is 1. The summed E-state index contributed by atoms with van der Waals surface area (Å²) >= 11 is 0. The molecule has 0 saturated heterocycles. The minimum absolute atomic E-state index is 0.174. The highest BCUT2D eigenvalue weighted by Gasteiger charge is 2.16. The van der Waals surface area contributed by atoms with Gasteiger partial charge in [0.1, 0.15) is 12.1 Å². The third-order valence-corrected chi connectivity index (χ3v) is 1.14. The molecule has 5 heteroatoms. The molecule has 0 aromatic heterocycles. The van der Waals surface area contributed by atoms with Gasteiger partial charge < -0.3 is 14.8 Å². The minimum atomic E-state index is -0.622. The second-order valence-corrected chi connectivity index (χ2v) is 4.39. The van der Waals surface area contributed by atoms with E-state index in [2.05, 4.69) is 5.32 Å². The van der Waals surface area contributed by atoms with Crippen molar-refractivity contribution in [1.82, 2.24) is 5.32 Å². The van der Waals surface area contributed by atoms with Gasteiger partial charge in [0.2, 0.25) is 0 Å². The molecule has 0 radical (unpaired) electrons. The first-order valence-electron chi connectivity index (χ1n) is 4.87. The van der Waals surface area contributed by atoms with E-state index in [9.17, 15) is 9.59 Å². The van der Waals surface area contributed by atoms with Gasteiger partial charge in [0.25, 0.3) is 0 Å². The molecular formula is C10H19NO4. The molecule has 0 aromatic carbocycles. The van der Waals surface area contributed by atoms with Crippen LogP contribution in [0.15, 0.2) is 0 Å². The van der Waals surface area contributed by atoms with Gasteiger partial charge in [-0.1, -0.05) is 0 Å². The van der Waals surface area contributed by atoms with Crippen LogP contribution in [0.4, 0.5) is 4.79 Å². The van der Waals surface area contributed by atoms with Crippen LogP contribution < -0.4 is 5.32 Å². The average Bonchev–Trinajstić information content (AvgIpc) is 1.96. The van der Waals surface area contributed by atoms with Crippen LogP contribution in [0.25, 0.3) is 0 Å². The number of nitrogens with one attached hydrogen (secondary N) is 1. The monoisotopic (exact) mass is 217 g/mol. The van der Waals surface area contributed by atoms with Crippen molar-refractivity contribution in [1.29, 1.82) is 0 Å². The predicted molar refractivity (Wildman–Crippen MR) is 55.5 cm³/mol. The van der Waals surface area contributed by atoms with Gasteiger partial charge in [-0.05, 0) is 34.6 Å². The molecule has 0 rings (SSSR count). The Morgan fingerprint density at radius 1 is 1.27 bits per heavy atom. The SMILES string of the molecule is CC(C)OC(=O)CNC(=O)OC(C)(C)C. The zero-order valence-corrected chi connectivity index (χ0v) is 9.92. The van der Waals surface area contributed by atoms with Crippen LogP contribution in [0.3, 0.4) is 0 Å². The van der Waals surface area contributed by atoms with Gasteiger partial charge in [0.15, 0.2) is 0 Å². The molecule has 15 heavy (non-hydrogen) atoms. The largest absolute Gasteiger partial charge is 0.462 e. The van der Waals surface area contributed by atoms with E-state index in [4.69, 9.17) is 9.47 Å². The molecule has 0 spiro atoms. The zero-order chi connectivity index (χ0) is 12.1. The summed E-state index contributed by atoms with van der Waals surface area (Å²) in [6.07, 6.45) is -0.804. The van der Waals surface area contributed by atoms with Crippen LogP contribution in [0.5, 0.6) is 0 Å². The van der Waals surface area contributed by atoms with Crippen molar-refractivity contribution in [2.24, 2.45) is 0 Å². The summed E-state index contributed by atoms with van der Waals surface area (Å²) in [5.41, 5.74) is -0.563. The van der Waals surface area contributed by atoms with E-state index in [1.54, 1.807) is 34.6 Å². The normalized spacial score (nSPS) is 11.1. The van der Waals surface area contributed by atoms with Gasteiger partial charge in [-0.25, -0.2) is 4.79 Å². The quantitative estimate of drug-likeness (QED) is 0.727. The number of amides is 1. The molecule has 1 N–H and O–H groups in total. The van der Waals surface area contributed by atoms with Gasteiger partial charge in [0.05, 0.1) is 6.10 Å². The third-order valence-electron chi connectivity index (χ3n) is 1.14. The van der Waals surface area contributed by atoms with Crippen LogP contribution in [0, 0.1) is 0 Å². The van der Waals surface area contributed by atoms with E-state index in [0.717, 1.165) is 0 Å². The molecule has 0 saturated carbocycles. The van der Waals surface area contributed by atoms with Gasteiger partial charge in [0, 0.05) is 0 Å². The van der Waals surface area contributed by atoms with Crippen LogP contribution in [-0.4, -0.2) is 30.3 Å². The van der Waals surface area contributed by atoms with Crippen molar-refractivity contribution in [3.05, 3.63) is 0 Å². The predicted octanol–water partition coefficient (Wildman–Crippen LogP) is 1.46. The Labute approximate surface area is 90.1 Å². The van der Waals surface area contributed by atoms with Crippen molar-refractivity contribution >= 4 is 12.1 Å². The number of carbonyl (C=O) groups is 2. The number of carbonyl (C=O) groups excluding carboxylic acids is 2. The van der Waals surface area contributed by atoms with Crippen molar-refractivity contribution in [3.8, 4) is 0 Å². The highest BCUT2D eigenvalue weighted by Crippen LogP contribution is 2.06. The Balaban J connectivity index is 3.77. The zero-order valence-electron chi connectivity index (χ0n) is 9.92. The standard InChI is InChI=1S/C10H19NO4/c1-7(2)14-8(12)6-11-9(13)15-10(3,4)5/h7H,6H2,1-5H3,(H,11,13). The Kier molecular flexibility index (Phi) is 5.11. The lowest BCUT2D eigenvalue weighted by Crippen LogP contribution is -2.36. The summed E-state index contributed by atoms with van der Waals surface area (Å²) in [6.45, 7) is 8.56. The summed E-state index contributed by atoms with van der Waals surface area (Å²) in [6, 6.07) is 0. The van der Waals surface area contributed by atoms with Crippen LogP contribution in [0.2, 0.25) is 0 Å². The van der Waals surface area contributed by atoms with E-state index in [1.807, 2.05) is 0 Å². The van der Waals surface area contributed by atoms with Crippen LogP contribution in [-0.2, 0) is 14.3 Å². The second kappa shape index (κ2) is 5.58. The summed E-state index contributed by atoms with van der Waals surface area (Å²) < 4.78 is 9.76. The Bertz CT molecular complexity index is 230. The summed E-state index contributed by atoms with van der Waals surface area (Å²) in [5.74, 6) is -0.476. The van der Waals surface area contributed by atoms with Gasteiger partial charge in [-0.2, -0.15) is 0 Å². The maximum Gasteiger partial charge on any atom is 0.408 e. The molecule has 0 heterocycles. The fourth-order valence-electron chi connectivity index (χ4n) is 0.763. The van der Waals surface area contributed by atoms with E-state index in [1.165, 1.54) is 0 Å². The molecule has 5 nitrogen and oxygen atoms in total. The molecule has 0 bridgehead atoms. The smallest absolute Gasteiger partial charge is 0.408 e. The summed E-state index contributed by atoms with van der Waals surface area (Å²) in [5, 5.41) is 2.31. The van der Waals surface area contributed by atoms with Crippen LogP contribution >= 0.6 is 0 Å². The molecule has 0 atom stereocenters. The fourth-order valence-corrected chi connectivity index (χ4v) is 0.763.